The van der Waals surface area contributed by atoms with E-state index in [1.807, 2.05) is 0 Å². The highest BCUT2D eigenvalue weighted by atomic mass is 35.5. The van der Waals surface area contributed by atoms with E-state index >= 15 is 0 Å². The van der Waals surface area contributed by atoms with Crippen LogP contribution in [0.5, 0.6) is 0 Å². The maximum absolute atomic E-state index is 5.78. The van der Waals surface area contributed by atoms with Gasteiger partial charge in [-0.25, -0.2) is 0 Å². The third-order valence-corrected chi connectivity index (χ3v) is 3.38. The third-order valence-electron chi connectivity index (χ3n) is 3.38. The zero-order valence-corrected chi connectivity index (χ0v) is 9.02. The molecule has 0 bridgehead atoms. The number of nitrogens with zero attached hydrogens (tertiary/aromatic N) is 1. The summed E-state index contributed by atoms with van der Waals surface area (Å²) in [5.41, 5.74) is 5.78. The van der Waals surface area contributed by atoms with Gasteiger partial charge in [0.15, 0.2) is 0 Å². The van der Waals surface area contributed by atoms with E-state index in [0.717, 1.165) is 24.1 Å². The number of halogens is 1. The summed E-state index contributed by atoms with van der Waals surface area (Å²) in [5.74, 6) is 2.50. The van der Waals surface area contributed by atoms with Gasteiger partial charge in [0.2, 0.25) is 0 Å². The van der Waals surface area contributed by atoms with Crippen LogP contribution in [0.25, 0.3) is 0 Å². The second-order valence-corrected chi connectivity index (χ2v) is 4.32. The van der Waals surface area contributed by atoms with Crippen molar-refractivity contribution in [3.8, 4) is 0 Å². The molecule has 0 aromatic heterocycles. The molecule has 3 atom stereocenters. The van der Waals surface area contributed by atoms with Crippen molar-refractivity contribution in [1.82, 2.24) is 0 Å². The summed E-state index contributed by atoms with van der Waals surface area (Å²) >= 11 is 0. The van der Waals surface area contributed by atoms with E-state index in [0.29, 0.717) is 6.04 Å². The van der Waals surface area contributed by atoms with E-state index in [9.17, 15) is 0 Å². The molecule has 1 aliphatic carbocycles. The Kier molecular flexibility index (Phi) is 3.60. The molecule has 0 amide bonds. The molecule has 1 fully saturated rings. The van der Waals surface area contributed by atoms with Crippen molar-refractivity contribution in [2.24, 2.45) is 22.6 Å². The van der Waals surface area contributed by atoms with Crippen molar-refractivity contribution in [1.29, 1.82) is 0 Å². The summed E-state index contributed by atoms with van der Waals surface area (Å²) in [4.78, 5) is 4.55. The topological polar surface area (TPSA) is 38.4 Å². The molecular weight excluding hydrogens is 184 g/mol. The van der Waals surface area contributed by atoms with Gasteiger partial charge in [-0.2, -0.15) is 0 Å². The molecular formula is C10H19ClN2. The first kappa shape index (κ1) is 10.8. The summed E-state index contributed by atoms with van der Waals surface area (Å²) < 4.78 is 0. The molecule has 1 heterocycles. The molecule has 0 radical (unpaired) electrons. The first-order valence-electron chi connectivity index (χ1n) is 5.09. The second kappa shape index (κ2) is 4.32. The number of nitrogens with two attached hydrogens (primary N) is 1. The van der Waals surface area contributed by atoms with Gasteiger partial charge in [-0.1, -0.05) is 19.8 Å². The van der Waals surface area contributed by atoms with Crippen molar-refractivity contribution in [3.63, 3.8) is 0 Å². The molecule has 0 aromatic rings. The normalized spacial score (nSPS) is 38.5. The molecule has 2 nitrogen and oxygen atoms in total. The van der Waals surface area contributed by atoms with Crippen LogP contribution in [0, 0.1) is 11.8 Å². The van der Waals surface area contributed by atoms with Crippen LogP contribution in [-0.4, -0.2) is 11.9 Å². The molecule has 0 aromatic carbocycles. The summed E-state index contributed by atoms with van der Waals surface area (Å²) in [6.07, 6.45) is 6.44. The minimum absolute atomic E-state index is 0. The number of rotatable bonds is 0. The molecule has 2 aliphatic rings. The zero-order chi connectivity index (χ0) is 8.55. The van der Waals surface area contributed by atoms with Crippen LogP contribution in [-0.2, 0) is 0 Å². The van der Waals surface area contributed by atoms with Crippen molar-refractivity contribution < 1.29 is 0 Å². The summed E-state index contributed by atoms with van der Waals surface area (Å²) in [6, 6.07) is 0.572. The summed E-state index contributed by atoms with van der Waals surface area (Å²) in [7, 11) is 0. The Hall–Kier alpha value is -0.240. The van der Waals surface area contributed by atoms with E-state index in [1.165, 1.54) is 25.7 Å². The lowest BCUT2D eigenvalue weighted by Crippen LogP contribution is -2.37. The highest BCUT2D eigenvalue weighted by Crippen LogP contribution is 2.36. The van der Waals surface area contributed by atoms with Gasteiger partial charge in [0.05, 0.1) is 11.9 Å². The molecule has 2 rings (SSSR count). The number of amidine groups is 1. The number of fused-ring (bicyclic) bond motifs is 1. The molecule has 13 heavy (non-hydrogen) atoms. The van der Waals surface area contributed by atoms with Crippen LogP contribution in [0.1, 0.15) is 39.0 Å². The van der Waals surface area contributed by atoms with Crippen LogP contribution in [0.4, 0.5) is 0 Å². The lowest BCUT2D eigenvalue weighted by molar-refractivity contribution is 0.220. The fourth-order valence-corrected chi connectivity index (χ4v) is 2.71. The van der Waals surface area contributed by atoms with Gasteiger partial charge < -0.3 is 5.73 Å². The van der Waals surface area contributed by atoms with Crippen molar-refractivity contribution >= 4 is 18.2 Å². The molecule has 0 saturated heterocycles. The van der Waals surface area contributed by atoms with Gasteiger partial charge in [-0.3, -0.25) is 4.99 Å². The smallest absolute Gasteiger partial charge is 0.0943 e. The van der Waals surface area contributed by atoms with E-state index < -0.39 is 0 Å². The van der Waals surface area contributed by atoms with E-state index in [4.69, 9.17) is 5.73 Å². The fourth-order valence-electron chi connectivity index (χ4n) is 2.71. The molecule has 1 unspecified atom stereocenters. The van der Waals surface area contributed by atoms with E-state index in [2.05, 4.69) is 11.9 Å². The Morgan fingerprint density at radius 3 is 2.77 bits per heavy atom. The fraction of sp³-hybridized carbons (Fsp3) is 0.900. The summed E-state index contributed by atoms with van der Waals surface area (Å²) in [5, 5.41) is 0. The SMILES string of the molecule is C[C@H]1CC(N)=NC2CCCC[C@@H]21.Cl. The zero-order valence-electron chi connectivity index (χ0n) is 8.20. The van der Waals surface area contributed by atoms with E-state index in [-0.39, 0.29) is 12.4 Å². The van der Waals surface area contributed by atoms with Gasteiger partial charge >= 0.3 is 0 Å². The van der Waals surface area contributed by atoms with Gasteiger partial charge in [0.1, 0.15) is 0 Å². The van der Waals surface area contributed by atoms with Crippen LogP contribution in [0.15, 0.2) is 4.99 Å². The molecule has 0 spiro atoms. The Morgan fingerprint density at radius 2 is 2.00 bits per heavy atom. The number of aliphatic imine (C=N–C) groups is 1. The lowest BCUT2D eigenvalue weighted by atomic mass is 9.74. The quantitative estimate of drug-likeness (QED) is 0.644. The molecule has 3 heteroatoms. The van der Waals surface area contributed by atoms with Gasteiger partial charge in [0.25, 0.3) is 0 Å². The van der Waals surface area contributed by atoms with Crippen molar-refractivity contribution in [2.45, 2.75) is 45.1 Å². The monoisotopic (exact) mass is 202 g/mol. The predicted octanol–water partition coefficient (Wildman–Crippen LogP) is 2.36. The van der Waals surface area contributed by atoms with Crippen LogP contribution < -0.4 is 5.73 Å². The largest absolute Gasteiger partial charge is 0.387 e. The minimum atomic E-state index is 0. The Balaban J connectivity index is 0.000000845. The highest BCUT2D eigenvalue weighted by Gasteiger charge is 2.32. The Morgan fingerprint density at radius 1 is 1.31 bits per heavy atom. The highest BCUT2D eigenvalue weighted by molar-refractivity contribution is 5.85. The predicted molar refractivity (Wildman–Crippen MR) is 58.4 cm³/mol. The minimum Gasteiger partial charge on any atom is -0.387 e. The van der Waals surface area contributed by atoms with Crippen LogP contribution >= 0.6 is 12.4 Å². The van der Waals surface area contributed by atoms with E-state index in [1.54, 1.807) is 0 Å². The number of hydrogen-bond acceptors (Lipinski definition) is 2. The average molecular weight is 203 g/mol. The van der Waals surface area contributed by atoms with Gasteiger partial charge in [-0.05, 0) is 24.7 Å². The first-order valence-corrected chi connectivity index (χ1v) is 5.09. The van der Waals surface area contributed by atoms with Crippen LogP contribution in [0.2, 0.25) is 0 Å². The van der Waals surface area contributed by atoms with Crippen molar-refractivity contribution in [3.05, 3.63) is 0 Å². The van der Waals surface area contributed by atoms with Crippen molar-refractivity contribution in [2.75, 3.05) is 0 Å². The lowest BCUT2D eigenvalue weighted by Gasteiger charge is -2.37. The Bertz CT molecular complexity index is 203. The van der Waals surface area contributed by atoms with Crippen LogP contribution in [0.3, 0.4) is 0 Å². The van der Waals surface area contributed by atoms with Gasteiger partial charge in [0, 0.05) is 6.42 Å². The molecule has 2 N–H and O–H groups in total. The van der Waals surface area contributed by atoms with Gasteiger partial charge in [-0.15, -0.1) is 12.4 Å². The average Bonchev–Trinajstić information content (AvgIpc) is 2.04. The second-order valence-electron chi connectivity index (χ2n) is 4.32. The maximum Gasteiger partial charge on any atom is 0.0943 e. The number of hydrogen-bond donors (Lipinski definition) is 1. The molecule has 76 valence electrons. The summed E-state index contributed by atoms with van der Waals surface area (Å²) in [6.45, 7) is 2.32. The standard InChI is InChI=1S/C10H18N2.ClH/c1-7-6-10(11)12-9-5-3-2-4-8(7)9;/h7-9H,2-6H2,1H3,(H2,11,12);1H/t7-,8+,9?;/m0./s1. The Labute approximate surface area is 86.4 Å². The third kappa shape index (κ3) is 2.16. The maximum atomic E-state index is 5.78. The molecule has 1 saturated carbocycles. The molecule has 1 aliphatic heterocycles. The first-order chi connectivity index (χ1) is 5.77.